The summed E-state index contributed by atoms with van der Waals surface area (Å²) >= 11 is 1.27. The van der Waals surface area contributed by atoms with Gasteiger partial charge in [-0.2, -0.15) is 0 Å². The van der Waals surface area contributed by atoms with Crippen LogP contribution in [0.5, 0.6) is 0 Å². The van der Waals surface area contributed by atoms with Gasteiger partial charge in [0.25, 0.3) is 5.56 Å². The number of carboxylic acid groups (broad SMARTS) is 1. The fourth-order valence-corrected chi connectivity index (χ4v) is 4.88. The van der Waals surface area contributed by atoms with Crippen LogP contribution in [0.15, 0.2) is 56.7 Å². The predicted molar refractivity (Wildman–Crippen MR) is 125 cm³/mol. The lowest BCUT2D eigenvalue weighted by molar-refractivity contribution is 0.0686. The van der Waals surface area contributed by atoms with E-state index >= 15 is 0 Å². The van der Waals surface area contributed by atoms with Crippen LogP contribution in [0.25, 0.3) is 27.5 Å². The second-order valence-electron chi connectivity index (χ2n) is 7.96. The van der Waals surface area contributed by atoms with Gasteiger partial charge in [-0.1, -0.05) is 23.8 Å². The number of nitrogens with one attached hydrogen (secondary N) is 1. The molecular weight excluding hydrogens is 445 g/mol. The van der Waals surface area contributed by atoms with Crippen molar-refractivity contribution in [3.05, 3.63) is 96.2 Å². The minimum Gasteiger partial charge on any atom is -0.477 e. The number of halogens is 1. The van der Waals surface area contributed by atoms with Gasteiger partial charge in [-0.3, -0.25) is 4.79 Å². The smallest absolute Gasteiger partial charge is 0.354 e. The van der Waals surface area contributed by atoms with Crippen molar-refractivity contribution in [3.8, 4) is 5.69 Å². The molecule has 0 saturated heterocycles. The Morgan fingerprint density at radius 2 is 1.88 bits per heavy atom. The molecule has 0 saturated carbocycles. The van der Waals surface area contributed by atoms with Gasteiger partial charge in [0.15, 0.2) is 5.69 Å². The van der Waals surface area contributed by atoms with Crippen molar-refractivity contribution in [1.29, 1.82) is 0 Å². The highest BCUT2D eigenvalue weighted by atomic mass is 32.1. The molecule has 5 rings (SSSR count). The molecule has 9 heteroatoms. The van der Waals surface area contributed by atoms with E-state index in [1.165, 1.54) is 22.0 Å². The lowest BCUT2D eigenvalue weighted by atomic mass is 10.1. The third-order valence-corrected chi connectivity index (χ3v) is 6.48. The molecule has 0 fully saturated rings. The summed E-state index contributed by atoms with van der Waals surface area (Å²) < 4.78 is 16.6. The number of aromatic nitrogens is 3. The zero-order chi connectivity index (χ0) is 23.4. The first-order chi connectivity index (χ1) is 15.8. The maximum absolute atomic E-state index is 14.2. The number of hydrogen-bond acceptors (Lipinski definition) is 4. The summed E-state index contributed by atoms with van der Waals surface area (Å²) in [4.78, 5) is 41.4. The molecule has 0 unspecified atom stereocenters. The van der Waals surface area contributed by atoms with Crippen molar-refractivity contribution >= 4 is 39.1 Å². The molecule has 2 N–H and O–H groups in total. The number of carbonyl (C=O) groups is 1. The molecule has 0 aliphatic rings. The second kappa shape index (κ2) is 7.56. The summed E-state index contributed by atoms with van der Waals surface area (Å²) in [6.45, 7) is 3.53. The van der Waals surface area contributed by atoms with Gasteiger partial charge in [-0.15, -0.1) is 11.3 Å². The third kappa shape index (κ3) is 3.28. The Kier molecular flexibility index (Phi) is 4.79. The molecule has 3 aromatic heterocycles. The maximum atomic E-state index is 14.2. The quantitative estimate of drug-likeness (QED) is 0.418. The minimum atomic E-state index is -1.30. The van der Waals surface area contributed by atoms with Gasteiger partial charge in [-0.25, -0.2) is 18.5 Å². The molecule has 7 nitrogen and oxygen atoms in total. The average molecular weight is 463 g/mol. The van der Waals surface area contributed by atoms with Crippen LogP contribution < -0.4 is 11.2 Å². The van der Waals surface area contributed by atoms with E-state index in [-0.39, 0.29) is 17.9 Å². The number of hydrogen-bond donors (Lipinski definition) is 2. The van der Waals surface area contributed by atoms with Crippen molar-refractivity contribution in [3.63, 3.8) is 0 Å². The monoisotopic (exact) mass is 463 g/mol. The Bertz CT molecular complexity index is 1710. The SMILES string of the molecule is Cc1ccc2c(c1)c(-n1c(=O)[nH]c3cscc3c1=O)c(C(=O)O)n2Cc1ccc(C)c(F)c1. The van der Waals surface area contributed by atoms with Crippen molar-refractivity contribution in [2.45, 2.75) is 20.4 Å². The zero-order valence-corrected chi connectivity index (χ0v) is 18.5. The molecule has 0 amide bonds. The summed E-state index contributed by atoms with van der Waals surface area (Å²) in [7, 11) is 0. The van der Waals surface area contributed by atoms with Crippen LogP contribution in [0.1, 0.15) is 27.2 Å². The topological polar surface area (TPSA) is 97.1 Å². The lowest BCUT2D eigenvalue weighted by Gasteiger charge is -2.11. The van der Waals surface area contributed by atoms with Gasteiger partial charge in [0.2, 0.25) is 0 Å². The van der Waals surface area contributed by atoms with E-state index in [0.29, 0.717) is 32.9 Å². The Labute approximate surface area is 190 Å². The number of nitrogens with zero attached hydrogens (tertiary/aromatic N) is 2. The fraction of sp³-hybridized carbons (Fsp3) is 0.125. The summed E-state index contributed by atoms with van der Waals surface area (Å²) in [5.41, 5.74) is 1.23. The van der Waals surface area contributed by atoms with Gasteiger partial charge in [-0.05, 0) is 43.2 Å². The summed E-state index contributed by atoms with van der Waals surface area (Å²) in [5.74, 6) is -1.70. The van der Waals surface area contributed by atoms with Crippen molar-refractivity contribution < 1.29 is 14.3 Å². The number of benzene rings is 2. The number of thiophene rings is 1. The first-order valence-electron chi connectivity index (χ1n) is 10.1. The normalized spacial score (nSPS) is 11.5. The summed E-state index contributed by atoms with van der Waals surface area (Å²) in [6, 6.07) is 10.0. The largest absolute Gasteiger partial charge is 0.477 e. The fourth-order valence-electron chi connectivity index (χ4n) is 4.12. The second-order valence-corrected chi connectivity index (χ2v) is 8.71. The molecule has 0 radical (unpaired) electrons. The molecule has 0 aliphatic heterocycles. The molecule has 0 aliphatic carbocycles. The summed E-state index contributed by atoms with van der Waals surface area (Å²) in [5, 5.41) is 14.2. The molecule has 5 aromatic rings. The first-order valence-corrected chi connectivity index (χ1v) is 11.0. The maximum Gasteiger partial charge on any atom is 0.354 e. The van der Waals surface area contributed by atoms with Crippen molar-refractivity contribution in [2.75, 3.05) is 0 Å². The van der Waals surface area contributed by atoms with Crippen LogP contribution in [0.4, 0.5) is 4.39 Å². The molecule has 33 heavy (non-hydrogen) atoms. The van der Waals surface area contributed by atoms with E-state index < -0.39 is 23.0 Å². The Morgan fingerprint density at radius 3 is 2.61 bits per heavy atom. The average Bonchev–Trinajstić information content (AvgIpc) is 3.34. The minimum absolute atomic E-state index is 0.00636. The van der Waals surface area contributed by atoms with Gasteiger partial charge < -0.3 is 14.7 Å². The molecule has 3 heterocycles. The summed E-state index contributed by atoms with van der Waals surface area (Å²) in [6.07, 6.45) is 0. The highest BCUT2D eigenvalue weighted by Gasteiger charge is 2.27. The molecular formula is C24H18FN3O4S. The van der Waals surface area contributed by atoms with Crippen molar-refractivity contribution in [1.82, 2.24) is 14.1 Å². The number of rotatable bonds is 4. The number of aromatic carboxylic acids is 1. The van der Waals surface area contributed by atoms with Crippen LogP contribution >= 0.6 is 11.3 Å². The van der Waals surface area contributed by atoms with Crippen LogP contribution in [0.2, 0.25) is 0 Å². The Morgan fingerprint density at radius 1 is 1.09 bits per heavy atom. The van der Waals surface area contributed by atoms with Gasteiger partial charge in [0.05, 0.1) is 22.1 Å². The highest BCUT2D eigenvalue weighted by Crippen LogP contribution is 2.31. The number of aryl methyl sites for hydroxylation is 2. The zero-order valence-electron chi connectivity index (χ0n) is 17.7. The molecule has 0 spiro atoms. The highest BCUT2D eigenvalue weighted by molar-refractivity contribution is 7.09. The van der Waals surface area contributed by atoms with E-state index in [1.54, 1.807) is 41.9 Å². The van der Waals surface area contributed by atoms with E-state index in [4.69, 9.17) is 0 Å². The van der Waals surface area contributed by atoms with Gasteiger partial charge >= 0.3 is 11.7 Å². The molecule has 0 atom stereocenters. The van der Waals surface area contributed by atoms with Crippen LogP contribution in [0.3, 0.4) is 0 Å². The number of H-pyrrole nitrogens is 1. The molecule has 0 bridgehead atoms. The molecule has 2 aromatic carbocycles. The number of aromatic amines is 1. The predicted octanol–water partition coefficient (Wildman–Crippen LogP) is 4.20. The van der Waals surface area contributed by atoms with Crippen LogP contribution in [0, 0.1) is 19.7 Å². The van der Waals surface area contributed by atoms with E-state index in [0.717, 1.165) is 10.1 Å². The Hall–Kier alpha value is -3.98. The molecule has 166 valence electrons. The standard InChI is InChI=1S/C24H18FN3O4S/c1-12-3-6-19-15(7-12)20(28-22(29)16-10-33-11-18(16)26-24(28)32)21(23(30)31)27(19)9-14-5-4-13(2)17(25)8-14/h3-8,10-11H,9H2,1-2H3,(H,26,32)(H,30,31). The number of carboxylic acids is 1. The Balaban J connectivity index is 1.89. The lowest BCUT2D eigenvalue weighted by Crippen LogP contribution is -2.34. The van der Waals surface area contributed by atoms with Crippen LogP contribution in [-0.2, 0) is 6.54 Å². The van der Waals surface area contributed by atoms with E-state index in [9.17, 15) is 23.9 Å². The van der Waals surface area contributed by atoms with Gasteiger partial charge in [0.1, 0.15) is 5.82 Å². The van der Waals surface area contributed by atoms with Crippen LogP contribution in [-0.4, -0.2) is 25.2 Å². The third-order valence-electron chi connectivity index (χ3n) is 5.74. The van der Waals surface area contributed by atoms with Gasteiger partial charge in [0, 0.05) is 22.7 Å². The number of fused-ring (bicyclic) bond motifs is 2. The first kappa shape index (κ1) is 20.9. The van der Waals surface area contributed by atoms with E-state index in [1.807, 2.05) is 13.0 Å². The van der Waals surface area contributed by atoms with Crippen molar-refractivity contribution in [2.24, 2.45) is 0 Å². The van der Waals surface area contributed by atoms with E-state index in [2.05, 4.69) is 4.98 Å².